The van der Waals surface area contributed by atoms with Gasteiger partial charge in [0.05, 0.1) is 13.2 Å². The molecule has 0 amide bonds. The van der Waals surface area contributed by atoms with Crippen LogP contribution in [0.25, 0.3) is 0 Å². The van der Waals surface area contributed by atoms with Gasteiger partial charge in [-0.3, -0.25) is 0 Å². The Kier molecular flexibility index (Phi) is 19.5. The number of rotatable bonds is 24. The standard InChI is InChI=1S/C34H62N2O2/c1-4-6-8-10-12-14-16-18-29-37-33-23-22-32(21-20-24-36-27-25-35(3)26-28-36)31-34(33)38-30-19-17-15-13-11-9-7-5-2/h22-23,31H,4-21,24-30H2,1-3H3. The van der Waals surface area contributed by atoms with Crippen molar-refractivity contribution in [2.45, 2.75) is 129 Å². The molecule has 0 saturated carbocycles. The van der Waals surface area contributed by atoms with E-state index in [0.717, 1.165) is 44.0 Å². The Bertz CT molecular complexity index is 672. The molecule has 1 fully saturated rings. The summed E-state index contributed by atoms with van der Waals surface area (Å²) in [5, 5.41) is 0. The van der Waals surface area contributed by atoms with Gasteiger partial charge < -0.3 is 19.3 Å². The van der Waals surface area contributed by atoms with Crippen LogP contribution in [0.3, 0.4) is 0 Å². The summed E-state index contributed by atoms with van der Waals surface area (Å²) in [5.74, 6) is 1.90. The van der Waals surface area contributed by atoms with Crippen LogP contribution in [0.5, 0.6) is 11.5 Å². The van der Waals surface area contributed by atoms with Gasteiger partial charge in [-0.25, -0.2) is 0 Å². The van der Waals surface area contributed by atoms with Crippen molar-refractivity contribution in [2.24, 2.45) is 0 Å². The summed E-state index contributed by atoms with van der Waals surface area (Å²) >= 11 is 0. The first kappa shape index (κ1) is 32.9. The molecule has 0 radical (unpaired) electrons. The van der Waals surface area contributed by atoms with Crippen molar-refractivity contribution in [2.75, 3.05) is 53.0 Å². The minimum atomic E-state index is 0.797. The summed E-state index contributed by atoms with van der Waals surface area (Å²) in [5.41, 5.74) is 1.38. The summed E-state index contributed by atoms with van der Waals surface area (Å²) < 4.78 is 12.6. The van der Waals surface area contributed by atoms with Crippen molar-refractivity contribution >= 4 is 0 Å². The van der Waals surface area contributed by atoms with Gasteiger partial charge >= 0.3 is 0 Å². The Morgan fingerprint density at radius 1 is 0.579 bits per heavy atom. The van der Waals surface area contributed by atoms with Crippen molar-refractivity contribution in [1.29, 1.82) is 0 Å². The van der Waals surface area contributed by atoms with Crippen LogP contribution in [0, 0.1) is 0 Å². The van der Waals surface area contributed by atoms with E-state index < -0.39 is 0 Å². The number of likely N-dealkylation sites (N-methyl/N-ethyl adjacent to an activating group) is 1. The smallest absolute Gasteiger partial charge is 0.161 e. The second-order valence-electron chi connectivity index (χ2n) is 11.7. The molecule has 1 heterocycles. The number of nitrogens with zero attached hydrogens (tertiary/aromatic N) is 2. The number of benzene rings is 1. The Labute approximate surface area is 236 Å². The zero-order chi connectivity index (χ0) is 27.1. The van der Waals surface area contributed by atoms with Crippen LogP contribution in [0.1, 0.15) is 129 Å². The highest BCUT2D eigenvalue weighted by Gasteiger charge is 2.13. The third-order valence-corrected chi connectivity index (χ3v) is 8.05. The SMILES string of the molecule is CCCCCCCCCCOc1ccc(CCCN2CCN(C)CC2)cc1OCCCCCCCCCC. The number of hydrogen-bond acceptors (Lipinski definition) is 4. The fraction of sp³-hybridized carbons (Fsp3) is 0.824. The molecule has 4 heteroatoms. The normalized spacial score (nSPS) is 14.7. The van der Waals surface area contributed by atoms with Gasteiger partial charge in [-0.15, -0.1) is 0 Å². The predicted molar refractivity (Wildman–Crippen MR) is 165 cm³/mol. The third-order valence-electron chi connectivity index (χ3n) is 8.05. The first-order chi connectivity index (χ1) is 18.7. The van der Waals surface area contributed by atoms with E-state index in [2.05, 4.69) is 48.9 Å². The highest BCUT2D eigenvalue weighted by molar-refractivity contribution is 5.43. The summed E-state index contributed by atoms with van der Waals surface area (Å²) in [7, 11) is 2.23. The highest BCUT2D eigenvalue weighted by Crippen LogP contribution is 2.30. The van der Waals surface area contributed by atoms with E-state index in [9.17, 15) is 0 Å². The van der Waals surface area contributed by atoms with Gasteiger partial charge in [-0.05, 0) is 57.0 Å². The van der Waals surface area contributed by atoms with Crippen LogP contribution >= 0.6 is 0 Å². The highest BCUT2D eigenvalue weighted by atomic mass is 16.5. The molecule has 0 atom stereocenters. The second-order valence-corrected chi connectivity index (χ2v) is 11.7. The molecule has 0 aromatic heterocycles. The molecular weight excluding hydrogens is 468 g/mol. The van der Waals surface area contributed by atoms with Crippen molar-refractivity contribution in [1.82, 2.24) is 9.80 Å². The van der Waals surface area contributed by atoms with Crippen LogP contribution < -0.4 is 9.47 Å². The number of ether oxygens (including phenoxy) is 2. The van der Waals surface area contributed by atoms with E-state index in [0.29, 0.717) is 0 Å². The summed E-state index contributed by atoms with van der Waals surface area (Å²) in [6.45, 7) is 12.2. The molecular formula is C34H62N2O2. The van der Waals surface area contributed by atoms with Crippen molar-refractivity contribution < 1.29 is 9.47 Å². The van der Waals surface area contributed by atoms with Gasteiger partial charge in [0.2, 0.25) is 0 Å². The van der Waals surface area contributed by atoms with Crippen molar-refractivity contribution in [3.63, 3.8) is 0 Å². The molecule has 0 bridgehead atoms. The molecule has 38 heavy (non-hydrogen) atoms. The van der Waals surface area contributed by atoms with Gasteiger partial charge in [-0.1, -0.05) is 110 Å². The maximum absolute atomic E-state index is 6.32. The Morgan fingerprint density at radius 3 is 1.63 bits per heavy atom. The van der Waals surface area contributed by atoms with E-state index in [-0.39, 0.29) is 0 Å². The number of aryl methyl sites for hydroxylation is 1. The number of unbranched alkanes of at least 4 members (excludes halogenated alkanes) is 14. The van der Waals surface area contributed by atoms with Gasteiger partial charge in [0, 0.05) is 26.2 Å². The monoisotopic (exact) mass is 530 g/mol. The molecule has 0 N–H and O–H groups in total. The Balaban J connectivity index is 1.73. The predicted octanol–water partition coefficient (Wildman–Crippen LogP) is 8.91. The van der Waals surface area contributed by atoms with Crippen LogP contribution in [0.2, 0.25) is 0 Å². The van der Waals surface area contributed by atoms with Gasteiger partial charge in [0.25, 0.3) is 0 Å². The van der Waals surface area contributed by atoms with Crippen molar-refractivity contribution in [3.05, 3.63) is 23.8 Å². The lowest BCUT2D eigenvalue weighted by Crippen LogP contribution is -2.44. The third kappa shape index (κ3) is 16.0. The molecule has 1 aromatic rings. The molecule has 2 rings (SSSR count). The average molecular weight is 531 g/mol. The molecule has 0 unspecified atom stereocenters. The van der Waals surface area contributed by atoms with E-state index >= 15 is 0 Å². The minimum absolute atomic E-state index is 0.797. The molecule has 1 aliphatic rings. The Morgan fingerprint density at radius 2 is 1.08 bits per heavy atom. The quantitative estimate of drug-likeness (QED) is 0.125. The molecule has 1 aromatic carbocycles. The summed E-state index contributed by atoms with van der Waals surface area (Å²) in [6.07, 6.45) is 23.5. The molecule has 4 nitrogen and oxygen atoms in total. The Hall–Kier alpha value is -1.26. The maximum Gasteiger partial charge on any atom is 0.161 e. The summed E-state index contributed by atoms with van der Waals surface area (Å²) in [4.78, 5) is 5.04. The van der Waals surface area contributed by atoms with Crippen LogP contribution in [0.15, 0.2) is 18.2 Å². The molecule has 220 valence electrons. The van der Waals surface area contributed by atoms with Gasteiger partial charge in [0.15, 0.2) is 11.5 Å². The fourth-order valence-corrected chi connectivity index (χ4v) is 5.35. The summed E-state index contributed by atoms with van der Waals surface area (Å²) in [6, 6.07) is 6.69. The molecule has 0 spiro atoms. The van der Waals surface area contributed by atoms with Gasteiger partial charge in [-0.2, -0.15) is 0 Å². The van der Waals surface area contributed by atoms with Crippen LogP contribution in [0.4, 0.5) is 0 Å². The lowest BCUT2D eigenvalue weighted by Gasteiger charge is -2.32. The first-order valence-corrected chi connectivity index (χ1v) is 16.5. The molecule has 1 saturated heterocycles. The minimum Gasteiger partial charge on any atom is -0.490 e. The lowest BCUT2D eigenvalue weighted by atomic mass is 10.1. The zero-order valence-electron chi connectivity index (χ0n) is 25.6. The largest absolute Gasteiger partial charge is 0.490 e. The zero-order valence-corrected chi connectivity index (χ0v) is 25.6. The molecule has 0 aliphatic carbocycles. The van der Waals surface area contributed by atoms with Gasteiger partial charge in [0.1, 0.15) is 0 Å². The van der Waals surface area contributed by atoms with E-state index in [4.69, 9.17) is 9.47 Å². The first-order valence-electron chi connectivity index (χ1n) is 16.5. The van der Waals surface area contributed by atoms with E-state index in [1.165, 1.54) is 135 Å². The van der Waals surface area contributed by atoms with Crippen LogP contribution in [-0.4, -0.2) is 62.8 Å². The fourth-order valence-electron chi connectivity index (χ4n) is 5.35. The van der Waals surface area contributed by atoms with Crippen molar-refractivity contribution in [3.8, 4) is 11.5 Å². The number of piperazine rings is 1. The number of hydrogen-bond donors (Lipinski definition) is 0. The second kappa shape index (κ2) is 22.5. The lowest BCUT2D eigenvalue weighted by molar-refractivity contribution is 0.153. The average Bonchev–Trinajstić information content (AvgIpc) is 2.93. The van der Waals surface area contributed by atoms with E-state index in [1.807, 2.05) is 0 Å². The van der Waals surface area contributed by atoms with E-state index in [1.54, 1.807) is 0 Å². The topological polar surface area (TPSA) is 24.9 Å². The van der Waals surface area contributed by atoms with Crippen LogP contribution in [-0.2, 0) is 6.42 Å². The molecule has 1 aliphatic heterocycles. The maximum atomic E-state index is 6.32.